The summed E-state index contributed by atoms with van der Waals surface area (Å²) < 4.78 is 5.32. The normalized spacial score (nSPS) is 22.4. The molecule has 1 rings (SSSR count). The number of nitrogens with one attached hydrogen (secondary N) is 1. The van der Waals surface area contributed by atoms with Gasteiger partial charge in [-0.15, -0.1) is 11.6 Å². The lowest BCUT2D eigenvalue weighted by atomic mass is 9.92. The van der Waals surface area contributed by atoms with Gasteiger partial charge in [0.05, 0.1) is 0 Å². The van der Waals surface area contributed by atoms with E-state index < -0.39 is 0 Å². The van der Waals surface area contributed by atoms with E-state index >= 15 is 0 Å². The molecule has 1 fully saturated rings. The zero-order valence-corrected chi connectivity index (χ0v) is 10.00. The number of ether oxygens (including phenoxy) is 1. The Kier molecular flexibility index (Phi) is 5.24. The van der Waals surface area contributed by atoms with Crippen LogP contribution in [0.1, 0.15) is 19.8 Å². The van der Waals surface area contributed by atoms with Gasteiger partial charge >= 0.3 is 0 Å². The van der Waals surface area contributed by atoms with Crippen LogP contribution >= 0.6 is 23.2 Å². The van der Waals surface area contributed by atoms with Crippen LogP contribution in [-0.4, -0.2) is 31.2 Å². The Balaban J connectivity index is 2.44. The molecule has 82 valence electrons. The first-order valence-corrected chi connectivity index (χ1v) is 5.84. The molecule has 0 bridgehead atoms. The largest absolute Gasteiger partial charge is 0.381 e. The molecule has 2 nitrogen and oxygen atoms in total. The summed E-state index contributed by atoms with van der Waals surface area (Å²) in [5, 5.41) is 3.47. The molecular formula is C10H17Cl2NO. The molecule has 0 spiro atoms. The van der Waals surface area contributed by atoms with E-state index in [-0.39, 0.29) is 5.54 Å². The Morgan fingerprint density at radius 2 is 2.14 bits per heavy atom. The second kappa shape index (κ2) is 5.96. The van der Waals surface area contributed by atoms with Crippen molar-refractivity contribution in [3.63, 3.8) is 0 Å². The van der Waals surface area contributed by atoms with E-state index in [1.54, 1.807) is 5.54 Å². The minimum Gasteiger partial charge on any atom is -0.381 e. The van der Waals surface area contributed by atoms with Gasteiger partial charge in [-0.3, -0.25) is 0 Å². The Hall–Kier alpha value is 0.240. The van der Waals surface area contributed by atoms with Crippen LogP contribution in [0.15, 0.2) is 11.1 Å². The zero-order chi connectivity index (χ0) is 10.4. The maximum Gasteiger partial charge on any atom is 0.0484 e. The minimum absolute atomic E-state index is 0.0426. The van der Waals surface area contributed by atoms with Crippen LogP contribution < -0.4 is 5.32 Å². The van der Waals surface area contributed by atoms with Gasteiger partial charge < -0.3 is 10.1 Å². The third-order valence-electron chi connectivity index (χ3n) is 2.63. The summed E-state index contributed by atoms with van der Waals surface area (Å²) in [5.41, 5.74) is 2.78. The van der Waals surface area contributed by atoms with Crippen molar-refractivity contribution in [2.75, 3.05) is 25.6 Å². The van der Waals surface area contributed by atoms with Crippen molar-refractivity contribution in [3.8, 4) is 0 Å². The molecule has 1 aliphatic rings. The van der Waals surface area contributed by atoms with E-state index in [2.05, 4.69) is 5.32 Å². The van der Waals surface area contributed by atoms with Gasteiger partial charge in [0.25, 0.3) is 0 Å². The van der Waals surface area contributed by atoms with Crippen LogP contribution in [0.3, 0.4) is 0 Å². The van der Waals surface area contributed by atoms with Crippen LogP contribution in [0.2, 0.25) is 0 Å². The molecule has 14 heavy (non-hydrogen) atoms. The first kappa shape index (κ1) is 12.3. The fourth-order valence-corrected chi connectivity index (χ4v) is 1.92. The van der Waals surface area contributed by atoms with Crippen LogP contribution in [0, 0.1) is 0 Å². The standard InChI is InChI=1S/C10H17Cl2NO/c1-9(6-11)7-13-10(8-12)2-4-14-5-3-10/h6,13H,2-5,7-8H2,1H3. The van der Waals surface area contributed by atoms with Crippen molar-refractivity contribution in [2.24, 2.45) is 0 Å². The number of hydrogen-bond donors (Lipinski definition) is 1. The molecule has 1 aliphatic heterocycles. The lowest BCUT2D eigenvalue weighted by Crippen LogP contribution is -2.51. The fourth-order valence-electron chi connectivity index (χ4n) is 1.49. The quantitative estimate of drug-likeness (QED) is 0.760. The van der Waals surface area contributed by atoms with Gasteiger partial charge in [0, 0.05) is 36.7 Å². The van der Waals surface area contributed by atoms with E-state index in [9.17, 15) is 0 Å². The van der Waals surface area contributed by atoms with Crippen molar-refractivity contribution < 1.29 is 4.74 Å². The van der Waals surface area contributed by atoms with Crippen molar-refractivity contribution >= 4 is 23.2 Å². The summed E-state index contributed by atoms with van der Waals surface area (Å²) in [6.45, 7) is 4.39. The van der Waals surface area contributed by atoms with Gasteiger partial charge in [0.1, 0.15) is 0 Å². The van der Waals surface area contributed by atoms with Crippen LogP contribution in [0.4, 0.5) is 0 Å². The molecule has 0 aromatic heterocycles. The summed E-state index contributed by atoms with van der Waals surface area (Å²) in [7, 11) is 0. The Morgan fingerprint density at radius 1 is 1.50 bits per heavy atom. The highest BCUT2D eigenvalue weighted by Crippen LogP contribution is 2.22. The van der Waals surface area contributed by atoms with Gasteiger partial charge in [0.15, 0.2) is 0 Å². The Labute approximate surface area is 95.6 Å². The maximum absolute atomic E-state index is 5.99. The predicted molar refractivity (Wildman–Crippen MR) is 61.1 cm³/mol. The highest BCUT2D eigenvalue weighted by molar-refractivity contribution is 6.25. The Bertz CT molecular complexity index is 200. The van der Waals surface area contributed by atoms with Crippen molar-refractivity contribution in [2.45, 2.75) is 25.3 Å². The topological polar surface area (TPSA) is 21.3 Å². The number of halogens is 2. The highest BCUT2D eigenvalue weighted by atomic mass is 35.5. The van der Waals surface area contributed by atoms with Gasteiger partial charge in [-0.1, -0.05) is 11.6 Å². The van der Waals surface area contributed by atoms with Gasteiger partial charge in [-0.05, 0) is 25.3 Å². The van der Waals surface area contributed by atoms with E-state index in [1.165, 1.54) is 0 Å². The fraction of sp³-hybridized carbons (Fsp3) is 0.800. The van der Waals surface area contributed by atoms with Crippen LogP contribution in [0.5, 0.6) is 0 Å². The average molecular weight is 238 g/mol. The Morgan fingerprint density at radius 3 is 2.64 bits per heavy atom. The first-order chi connectivity index (χ1) is 6.72. The number of rotatable bonds is 4. The third-order valence-corrected chi connectivity index (χ3v) is 3.52. The number of hydrogen-bond acceptors (Lipinski definition) is 2. The van der Waals surface area contributed by atoms with Crippen LogP contribution in [-0.2, 0) is 4.74 Å². The number of alkyl halides is 1. The van der Waals surface area contributed by atoms with Crippen molar-refractivity contribution in [1.29, 1.82) is 0 Å². The molecule has 1 N–H and O–H groups in total. The summed E-state index contributed by atoms with van der Waals surface area (Å²) in [6.07, 6.45) is 1.96. The smallest absolute Gasteiger partial charge is 0.0484 e. The summed E-state index contributed by atoms with van der Waals surface area (Å²) in [5.74, 6) is 0.631. The highest BCUT2D eigenvalue weighted by Gasteiger charge is 2.30. The zero-order valence-electron chi connectivity index (χ0n) is 8.48. The second-order valence-electron chi connectivity index (χ2n) is 3.84. The summed E-state index contributed by atoms with van der Waals surface area (Å²) in [4.78, 5) is 0. The second-order valence-corrected chi connectivity index (χ2v) is 4.32. The molecule has 4 heteroatoms. The molecule has 0 aromatic carbocycles. The SMILES string of the molecule is CC(=CCl)CNC1(CCl)CCOCC1. The lowest BCUT2D eigenvalue weighted by Gasteiger charge is -2.36. The van der Waals surface area contributed by atoms with E-state index in [0.717, 1.165) is 38.2 Å². The molecule has 0 radical (unpaired) electrons. The predicted octanol–water partition coefficient (Wildman–Crippen LogP) is 2.51. The van der Waals surface area contributed by atoms with E-state index in [1.807, 2.05) is 6.92 Å². The molecular weight excluding hydrogens is 221 g/mol. The average Bonchev–Trinajstić information content (AvgIpc) is 2.27. The van der Waals surface area contributed by atoms with Crippen molar-refractivity contribution in [3.05, 3.63) is 11.1 Å². The van der Waals surface area contributed by atoms with Gasteiger partial charge in [0.2, 0.25) is 0 Å². The molecule has 0 saturated carbocycles. The van der Waals surface area contributed by atoms with E-state index in [0.29, 0.717) is 5.88 Å². The molecule has 1 saturated heterocycles. The molecule has 1 heterocycles. The molecule has 0 unspecified atom stereocenters. The van der Waals surface area contributed by atoms with E-state index in [4.69, 9.17) is 27.9 Å². The summed E-state index contributed by atoms with van der Waals surface area (Å²) in [6, 6.07) is 0. The molecule has 0 aliphatic carbocycles. The summed E-state index contributed by atoms with van der Waals surface area (Å²) >= 11 is 11.6. The minimum atomic E-state index is 0.0426. The van der Waals surface area contributed by atoms with Crippen molar-refractivity contribution in [1.82, 2.24) is 5.32 Å². The third kappa shape index (κ3) is 3.43. The maximum atomic E-state index is 5.99. The lowest BCUT2D eigenvalue weighted by molar-refractivity contribution is 0.0477. The molecule has 0 aromatic rings. The van der Waals surface area contributed by atoms with Crippen LogP contribution in [0.25, 0.3) is 0 Å². The first-order valence-electron chi connectivity index (χ1n) is 4.87. The molecule has 0 amide bonds. The monoisotopic (exact) mass is 237 g/mol. The molecule has 0 atom stereocenters. The van der Waals surface area contributed by atoms with Gasteiger partial charge in [-0.2, -0.15) is 0 Å². The van der Waals surface area contributed by atoms with Gasteiger partial charge in [-0.25, -0.2) is 0 Å².